The molecule has 1 N–H and O–H groups in total. The molecule has 0 atom stereocenters. The Hall–Kier alpha value is -3.21. The number of nitrogens with zero attached hydrogens (tertiary/aromatic N) is 3. The summed E-state index contributed by atoms with van der Waals surface area (Å²) in [5.41, 5.74) is 2.37. The molecule has 2 aromatic rings. The summed E-state index contributed by atoms with van der Waals surface area (Å²) in [6.07, 6.45) is 3.09. The van der Waals surface area contributed by atoms with Crippen LogP contribution in [0.25, 0.3) is 0 Å². The van der Waals surface area contributed by atoms with E-state index >= 15 is 0 Å². The van der Waals surface area contributed by atoms with Crippen LogP contribution in [0.4, 0.5) is 5.69 Å². The highest BCUT2D eigenvalue weighted by Crippen LogP contribution is 2.29. The molecule has 0 spiro atoms. The Kier molecular flexibility index (Phi) is 4.01. The van der Waals surface area contributed by atoms with E-state index < -0.39 is 0 Å². The van der Waals surface area contributed by atoms with Crippen LogP contribution >= 0.6 is 0 Å². The summed E-state index contributed by atoms with van der Waals surface area (Å²) in [6.45, 7) is 4.09. The molecular weight excluding hydrogens is 290 g/mol. The number of benzene rings is 2. The Labute approximate surface area is 133 Å². The van der Waals surface area contributed by atoms with E-state index in [0.717, 1.165) is 11.3 Å². The third-order valence-corrected chi connectivity index (χ3v) is 3.50. The highest BCUT2D eigenvalue weighted by atomic mass is 16.3. The first-order chi connectivity index (χ1) is 11.2. The summed E-state index contributed by atoms with van der Waals surface area (Å²) >= 11 is 0. The summed E-state index contributed by atoms with van der Waals surface area (Å²) in [4.78, 5) is 14.1. The van der Waals surface area contributed by atoms with Gasteiger partial charge in [0.1, 0.15) is 5.75 Å². The molecule has 5 heteroatoms. The highest BCUT2D eigenvalue weighted by molar-refractivity contribution is 6.54. The van der Waals surface area contributed by atoms with Crippen LogP contribution in [0.2, 0.25) is 0 Å². The molecule has 0 unspecified atom stereocenters. The van der Waals surface area contributed by atoms with Crippen molar-refractivity contribution in [3.05, 3.63) is 72.3 Å². The average molecular weight is 305 g/mol. The van der Waals surface area contributed by atoms with Gasteiger partial charge in [0.05, 0.1) is 11.9 Å². The second kappa shape index (κ2) is 6.27. The molecule has 0 saturated heterocycles. The van der Waals surface area contributed by atoms with Gasteiger partial charge in [0.2, 0.25) is 0 Å². The van der Waals surface area contributed by atoms with E-state index in [1.165, 1.54) is 6.21 Å². The number of carbonyl (C=O) groups is 1. The van der Waals surface area contributed by atoms with Crippen LogP contribution < -0.4 is 4.90 Å². The van der Waals surface area contributed by atoms with Crippen molar-refractivity contribution in [2.24, 2.45) is 10.2 Å². The molecular formula is C18H15N3O2. The van der Waals surface area contributed by atoms with Gasteiger partial charge < -0.3 is 10.0 Å². The van der Waals surface area contributed by atoms with Crippen LogP contribution in [0.1, 0.15) is 11.1 Å². The Morgan fingerprint density at radius 2 is 1.87 bits per heavy atom. The Morgan fingerprint density at radius 3 is 2.65 bits per heavy atom. The Bertz CT molecular complexity index is 825. The number of hydrogen-bond acceptors (Lipinski definition) is 4. The zero-order valence-electron chi connectivity index (χ0n) is 12.4. The number of fused-ring (bicyclic) bond motifs is 1. The monoisotopic (exact) mass is 305 g/mol. The maximum atomic E-state index is 12.5. The van der Waals surface area contributed by atoms with E-state index in [4.69, 9.17) is 0 Å². The summed E-state index contributed by atoms with van der Waals surface area (Å²) < 4.78 is 0. The third kappa shape index (κ3) is 2.76. The summed E-state index contributed by atoms with van der Waals surface area (Å²) in [7, 11) is 0. The molecule has 5 nitrogen and oxygen atoms in total. The molecule has 3 rings (SSSR count). The van der Waals surface area contributed by atoms with Gasteiger partial charge in [-0.25, -0.2) is 0 Å². The molecule has 1 heterocycles. The maximum absolute atomic E-state index is 12.5. The molecule has 0 aromatic heterocycles. The fourth-order valence-electron chi connectivity index (χ4n) is 2.41. The Balaban J connectivity index is 1.95. The number of carbonyl (C=O) groups excluding carboxylic acids is 1. The van der Waals surface area contributed by atoms with E-state index in [1.807, 2.05) is 24.3 Å². The molecule has 1 amide bonds. The fourth-order valence-corrected chi connectivity index (χ4v) is 2.41. The van der Waals surface area contributed by atoms with Crippen LogP contribution in [0.5, 0.6) is 5.75 Å². The molecule has 23 heavy (non-hydrogen) atoms. The number of para-hydroxylation sites is 2. The standard InChI is InChI=1S/C18H15N3O2/c1-2-11-21-15-9-5-4-8-14(15)17(18(21)23)20-19-12-13-7-3-6-10-16(13)22/h2-10,12,22H,1,11H2/b19-12+,20-17-. The number of phenols is 1. The summed E-state index contributed by atoms with van der Waals surface area (Å²) in [5, 5.41) is 17.7. The van der Waals surface area contributed by atoms with E-state index in [0.29, 0.717) is 12.1 Å². The van der Waals surface area contributed by atoms with Gasteiger partial charge in [0, 0.05) is 17.7 Å². The number of phenolic OH excluding ortho intramolecular Hbond substituents is 1. The largest absolute Gasteiger partial charge is 0.507 e. The van der Waals surface area contributed by atoms with Crippen LogP contribution in [-0.2, 0) is 4.79 Å². The van der Waals surface area contributed by atoms with E-state index in [9.17, 15) is 9.90 Å². The van der Waals surface area contributed by atoms with Crippen molar-refractivity contribution in [2.75, 3.05) is 11.4 Å². The SMILES string of the molecule is C=CCN1C(=O)/C(=N\N=C\c2ccccc2O)c2ccccc21. The number of amides is 1. The highest BCUT2D eigenvalue weighted by Gasteiger charge is 2.32. The van der Waals surface area contributed by atoms with Crippen molar-refractivity contribution in [3.8, 4) is 5.75 Å². The van der Waals surface area contributed by atoms with Crippen molar-refractivity contribution >= 4 is 23.5 Å². The first-order valence-corrected chi connectivity index (χ1v) is 7.13. The lowest BCUT2D eigenvalue weighted by Crippen LogP contribution is -2.30. The first-order valence-electron chi connectivity index (χ1n) is 7.13. The van der Waals surface area contributed by atoms with Crippen LogP contribution in [0.15, 0.2) is 71.4 Å². The van der Waals surface area contributed by atoms with Gasteiger partial charge in [-0.2, -0.15) is 5.10 Å². The number of hydrogen-bond donors (Lipinski definition) is 1. The molecule has 0 bridgehead atoms. The molecule has 1 aliphatic rings. The van der Waals surface area contributed by atoms with Crippen molar-refractivity contribution in [1.29, 1.82) is 0 Å². The zero-order chi connectivity index (χ0) is 16.2. The number of rotatable bonds is 4. The van der Waals surface area contributed by atoms with Gasteiger partial charge in [-0.3, -0.25) is 4.79 Å². The number of aromatic hydroxyl groups is 1. The second-order valence-corrected chi connectivity index (χ2v) is 4.97. The lowest BCUT2D eigenvalue weighted by atomic mass is 10.1. The topological polar surface area (TPSA) is 65.3 Å². The van der Waals surface area contributed by atoms with Gasteiger partial charge in [-0.1, -0.05) is 36.4 Å². The fraction of sp³-hybridized carbons (Fsp3) is 0.0556. The van der Waals surface area contributed by atoms with Crippen molar-refractivity contribution < 1.29 is 9.90 Å². The predicted molar refractivity (Wildman–Crippen MR) is 91.2 cm³/mol. The molecule has 0 saturated carbocycles. The first kappa shape index (κ1) is 14.7. The molecule has 0 fully saturated rings. The lowest BCUT2D eigenvalue weighted by molar-refractivity contribution is -0.112. The van der Waals surface area contributed by atoms with E-state index in [2.05, 4.69) is 16.8 Å². The summed E-state index contributed by atoms with van der Waals surface area (Å²) in [5.74, 6) is -0.0941. The second-order valence-electron chi connectivity index (χ2n) is 4.97. The molecule has 1 aliphatic heterocycles. The smallest absolute Gasteiger partial charge is 0.279 e. The van der Waals surface area contributed by atoms with E-state index in [-0.39, 0.29) is 17.4 Å². The Morgan fingerprint density at radius 1 is 1.13 bits per heavy atom. The zero-order valence-corrected chi connectivity index (χ0v) is 12.4. The quantitative estimate of drug-likeness (QED) is 0.536. The summed E-state index contributed by atoms with van der Waals surface area (Å²) in [6, 6.07) is 14.2. The number of anilines is 1. The maximum Gasteiger partial charge on any atom is 0.279 e. The predicted octanol–water partition coefficient (Wildman–Crippen LogP) is 2.75. The minimum atomic E-state index is -0.208. The minimum absolute atomic E-state index is 0.114. The van der Waals surface area contributed by atoms with Crippen molar-refractivity contribution in [3.63, 3.8) is 0 Å². The van der Waals surface area contributed by atoms with Gasteiger partial charge in [0.25, 0.3) is 5.91 Å². The molecule has 2 aromatic carbocycles. The minimum Gasteiger partial charge on any atom is -0.507 e. The van der Waals surface area contributed by atoms with Crippen LogP contribution in [0.3, 0.4) is 0 Å². The lowest BCUT2D eigenvalue weighted by Gasteiger charge is -2.13. The molecule has 0 aliphatic carbocycles. The van der Waals surface area contributed by atoms with Crippen molar-refractivity contribution in [1.82, 2.24) is 0 Å². The van der Waals surface area contributed by atoms with Gasteiger partial charge in [-0.05, 0) is 18.2 Å². The average Bonchev–Trinajstić information content (AvgIpc) is 2.83. The van der Waals surface area contributed by atoms with E-state index in [1.54, 1.807) is 35.2 Å². The third-order valence-electron chi connectivity index (χ3n) is 3.50. The normalized spacial score (nSPS) is 15.4. The van der Waals surface area contributed by atoms with Crippen molar-refractivity contribution in [2.45, 2.75) is 0 Å². The van der Waals surface area contributed by atoms with Gasteiger partial charge in [-0.15, -0.1) is 11.7 Å². The van der Waals surface area contributed by atoms with Gasteiger partial charge >= 0.3 is 0 Å². The van der Waals surface area contributed by atoms with Gasteiger partial charge in [0.15, 0.2) is 5.71 Å². The molecule has 0 radical (unpaired) electrons. The van der Waals surface area contributed by atoms with Crippen LogP contribution in [0, 0.1) is 0 Å². The molecule has 114 valence electrons. The van der Waals surface area contributed by atoms with Crippen LogP contribution in [-0.4, -0.2) is 29.5 Å².